The van der Waals surface area contributed by atoms with Crippen molar-refractivity contribution in [3.05, 3.63) is 40.3 Å². The number of sulfone groups is 1. The Bertz CT molecular complexity index is 832. The summed E-state index contributed by atoms with van der Waals surface area (Å²) in [6.45, 7) is 1.46. The molecule has 25 heavy (non-hydrogen) atoms. The summed E-state index contributed by atoms with van der Waals surface area (Å²) in [5.41, 5.74) is 0.749. The van der Waals surface area contributed by atoms with E-state index < -0.39 is 21.9 Å². The molecule has 1 atom stereocenters. The van der Waals surface area contributed by atoms with Crippen molar-refractivity contribution in [3.63, 3.8) is 0 Å². The van der Waals surface area contributed by atoms with Crippen LogP contribution in [0.2, 0.25) is 5.02 Å². The Labute approximate surface area is 150 Å². The van der Waals surface area contributed by atoms with Gasteiger partial charge in [0.05, 0.1) is 22.5 Å². The van der Waals surface area contributed by atoms with Crippen LogP contribution in [0.3, 0.4) is 0 Å². The maximum atomic E-state index is 12.4. The van der Waals surface area contributed by atoms with Gasteiger partial charge in [0.15, 0.2) is 9.84 Å². The van der Waals surface area contributed by atoms with Gasteiger partial charge in [-0.3, -0.25) is 4.79 Å². The van der Waals surface area contributed by atoms with Crippen molar-refractivity contribution in [1.29, 1.82) is 0 Å². The molecule has 1 aromatic carbocycles. The van der Waals surface area contributed by atoms with E-state index in [4.69, 9.17) is 11.6 Å². The topological polar surface area (TPSA) is 95.6 Å². The summed E-state index contributed by atoms with van der Waals surface area (Å²) in [6, 6.07) is 3.54. The number of rotatable bonds is 3. The van der Waals surface area contributed by atoms with Crippen molar-refractivity contribution in [3.8, 4) is 0 Å². The van der Waals surface area contributed by atoms with E-state index >= 15 is 0 Å². The summed E-state index contributed by atoms with van der Waals surface area (Å²) in [6.07, 6.45) is 3.40. The van der Waals surface area contributed by atoms with E-state index in [0.29, 0.717) is 16.3 Å². The van der Waals surface area contributed by atoms with E-state index in [0.717, 1.165) is 31.3 Å². The minimum Gasteiger partial charge on any atom is -0.339 e. The van der Waals surface area contributed by atoms with E-state index in [1.165, 1.54) is 12.1 Å². The fourth-order valence-electron chi connectivity index (χ4n) is 2.85. The molecule has 2 aliphatic heterocycles. The van der Waals surface area contributed by atoms with Gasteiger partial charge in [-0.15, -0.1) is 0 Å². The molecule has 0 spiro atoms. The number of nitrogens with one attached hydrogen (secondary N) is 2. The van der Waals surface area contributed by atoms with Gasteiger partial charge in [-0.2, -0.15) is 0 Å². The smallest absolute Gasteiger partial charge is 0.319 e. The largest absolute Gasteiger partial charge is 0.339 e. The number of carbonyl (C=O) groups is 2. The van der Waals surface area contributed by atoms with Gasteiger partial charge in [0.1, 0.15) is 0 Å². The summed E-state index contributed by atoms with van der Waals surface area (Å²) in [4.78, 5) is 26.3. The van der Waals surface area contributed by atoms with E-state index in [1.807, 2.05) is 0 Å². The average molecular weight is 384 g/mol. The third-order valence-corrected chi connectivity index (χ3v) is 5.83. The molecule has 1 unspecified atom stereocenters. The lowest BCUT2D eigenvalue weighted by molar-refractivity contribution is 0.0793. The number of halogens is 1. The molecule has 0 bridgehead atoms. The van der Waals surface area contributed by atoms with Crippen molar-refractivity contribution in [2.24, 2.45) is 0 Å². The zero-order valence-corrected chi connectivity index (χ0v) is 14.9. The Kier molecular flexibility index (Phi) is 5.01. The van der Waals surface area contributed by atoms with Crippen LogP contribution in [-0.4, -0.2) is 50.1 Å². The first-order valence-corrected chi connectivity index (χ1v) is 10.0. The summed E-state index contributed by atoms with van der Waals surface area (Å²) in [5.74, 6) is -0.260. The molecule has 0 radical (unpaired) electrons. The first-order chi connectivity index (χ1) is 11.8. The van der Waals surface area contributed by atoms with Gasteiger partial charge >= 0.3 is 6.03 Å². The number of hydrogen-bond acceptors (Lipinski definition) is 4. The van der Waals surface area contributed by atoms with Crippen LogP contribution in [-0.2, 0) is 9.84 Å². The quantitative estimate of drug-likeness (QED) is 0.834. The monoisotopic (exact) mass is 383 g/mol. The SMILES string of the molecule is O=C(Nc1cc(C(=O)N2CCCC2)ccc1Cl)NC1C=CS(=O)(=O)C1. The molecule has 3 amide bonds. The maximum Gasteiger partial charge on any atom is 0.319 e. The van der Waals surface area contributed by atoms with Gasteiger partial charge in [0, 0.05) is 24.1 Å². The van der Waals surface area contributed by atoms with Crippen LogP contribution >= 0.6 is 11.6 Å². The Morgan fingerprint density at radius 3 is 2.56 bits per heavy atom. The van der Waals surface area contributed by atoms with Crippen molar-refractivity contribution >= 4 is 39.1 Å². The predicted molar refractivity (Wildman–Crippen MR) is 95.5 cm³/mol. The number of hydrogen-bond donors (Lipinski definition) is 2. The van der Waals surface area contributed by atoms with Crippen molar-refractivity contribution in [2.45, 2.75) is 18.9 Å². The fourth-order valence-corrected chi connectivity index (χ4v) is 4.25. The molecule has 1 saturated heterocycles. The molecule has 1 aromatic rings. The van der Waals surface area contributed by atoms with Crippen LogP contribution in [0.15, 0.2) is 29.7 Å². The lowest BCUT2D eigenvalue weighted by Gasteiger charge is -2.17. The Morgan fingerprint density at radius 2 is 1.92 bits per heavy atom. The first-order valence-electron chi connectivity index (χ1n) is 7.91. The highest BCUT2D eigenvalue weighted by molar-refractivity contribution is 7.94. The standard InChI is InChI=1S/C16H18ClN3O4S/c17-13-4-3-11(15(21)20-6-1-2-7-20)9-14(13)19-16(22)18-12-5-8-25(23,24)10-12/h3-5,8-9,12H,1-2,6-7,10H2,(H2,18,19,22). The van der Waals surface area contributed by atoms with Crippen LogP contribution in [0.4, 0.5) is 10.5 Å². The summed E-state index contributed by atoms with van der Waals surface area (Å²) >= 11 is 6.09. The zero-order valence-electron chi connectivity index (χ0n) is 13.4. The molecular weight excluding hydrogens is 366 g/mol. The van der Waals surface area contributed by atoms with Crippen molar-refractivity contribution in [2.75, 3.05) is 24.2 Å². The summed E-state index contributed by atoms with van der Waals surface area (Å²) < 4.78 is 22.7. The summed E-state index contributed by atoms with van der Waals surface area (Å²) in [5, 5.41) is 6.49. The van der Waals surface area contributed by atoms with Crippen LogP contribution in [0.5, 0.6) is 0 Å². The number of carbonyl (C=O) groups excluding carboxylic acids is 2. The minimum atomic E-state index is -3.25. The van der Waals surface area contributed by atoms with Crippen molar-refractivity contribution in [1.82, 2.24) is 10.2 Å². The van der Waals surface area contributed by atoms with Crippen LogP contribution in [0.25, 0.3) is 0 Å². The highest BCUT2D eigenvalue weighted by Gasteiger charge is 2.24. The van der Waals surface area contributed by atoms with Crippen LogP contribution < -0.4 is 10.6 Å². The fraction of sp³-hybridized carbons (Fsp3) is 0.375. The van der Waals surface area contributed by atoms with E-state index in [2.05, 4.69) is 10.6 Å². The lowest BCUT2D eigenvalue weighted by atomic mass is 10.1. The molecule has 7 nitrogen and oxygen atoms in total. The van der Waals surface area contributed by atoms with Crippen LogP contribution in [0, 0.1) is 0 Å². The number of urea groups is 1. The Hall–Kier alpha value is -2.06. The summed E-state index contributed by atoms with van der Waals surface area (Å²) in [7, 11) is -3.25. The molecule has 0 aromatic heterocycles. The number of amides is 3. The highest BCUT2D eigenvalue weighted by Crippen LogP contribution is 2.24. The molecule has 9 heteroatoms. The molecule has 0 saturated carbocycles. The molecule has 134 valence electrons. The predicted octanol–water partition coefficient (Wildman–Crippen LogP) is 2.01. The first kappa shape index (κ1) is 17.8. The molecule has 2 aliphatic rings. The van der Waals surface area contributed by atoms with E-state index in [9.17, 15) is 18.0 Å². The normalized spacial score (nSPS) is 21.3. The number of nitrogens with zero attached hydrogens (tertiary/aromatic N) is 1. The third kappa shape index (κ3) is 4.32. The van der Waals surface area contributed by atoms with Gasteiger partial charge in [-0.1, -0.05) is 11.6 Å². The Morgan fingerprint density at radius 1 is 1.20 bits per heavy atom. The molecule has 0 aliphatic carbocycles. The number of likely N-dealkylation sites (tertiary alicyclic amines) is 1. The van der Waals surface area contributed by atoms with E-state index in [1.54, 1.807) is 17.0 Å². The molecule has 2 heterocycles. The minimum absolute atomic E-state index is 0.0950. The molecule has 1 fully saturated rings. The second-order valence-electron chi connectivity index (χ2n) is 6.06. The van der Waals surface area contributed by atoms with E-state index in [-0.39, 0.29) is 11.7 Å². The molecule has 2 N–H and O–H groups in total. The number of anilines is 1. The van der Waals surface area contributed by atoms with Gasteiger partial charge in [0.2, 0.25) is 0 Å². The van der Waals surface area contributed by atoms with Crippen LogP contribution in [0.1, 0.15) is 23.2 Å². The second kappa shape index (κ2) is 7.05. The third-order valence-electron chi connectivity index (χ3n) is 4.10. The average Bonchev–Trinajstić information content (AvgIpc) is 3.18. The lowest BCUT2D eigenvalue weighted by Crippen LogP contribution is -2.38. The number of benzene rings is 1. The maximum absolute atomic E-state index is 12.4. The molecule has 3 rings (SSSR count). The van der Waals surface area contributed by atoms with Crippen molar-refractivity contribution < 1.29 is 18.0 Å². The zero-order chi connectivity index (χ0) is 18.0. The molecular formula is C16H18ClN3O4S. The van der Waals surface area contributed by atoms with Gasteiger partial charge in [0.25, 0.3) is 5.91 Å². The van der Waals surface area contributed by atoms with Gasteiger partial charge in [-0.25, -0.2) is 13.2 Å². The second-order valence-corrected chi connectivity index (χ2v) is 8.40. The highest BCUT2D eigenvalue weighted by atomic mass is 35.5. The Balaban J connectivity index is 1.67. The van der Waals surface area contributed by atoms with Gasteiger partial charge in [-0.05, 0) is 37.1 Å². The van der Waals surface area contributed by atoms with Gasteiger partial charge < -0.3 is 15.5 Å².